The minimum absolute atomic E-state index is 0.430. The van der Waals surface area contributed by atoms with E-state index in [4.69, 9.17) is 15.1 Å². The largest absolute Gasteiger partial charge is 0.444 e. The molecule has 9 nitrogen and oxygen atoms in total. The van der Waals surface area contributed by atoms with Gasteiger partial charge in [-0.25, -0.2) is 9.80 Å². The number of hydrogen-bond donors (Lipinski definition) is 1. The molecule has 3 aromatic carbocycles. The smallest absolute Gasteiger partial charge is 0.412 e. The van der Waals surface area contributed by atoms with E-state index in [-0.39, 0.29) is 0 Å². The second-order valence-corrected chi connectivity index (χ2v) is 9.92. The van der Waals surface area contributed by atoms with Gasteiger partial charge in [-0.15, -0.1) is 10.2 Å². The number of hydrazone groups is 1. The lowest BCUT2D eigenvalue weighted by Gasteiger charge is -2.20. The zero-order chi connectivity index (χ0) is 26.9. The topological polar surface area (TPSA) is 108 Å². The summed E-state index contributed by atoms with van der Waals surface area (Å²) in [5.41, 5.74) is 5.07. The first-order valence-corrected chi connectivity index (χ1v) is 12.2. The van der Waals surface area contributed by atoms with E-state index in [0.29, 0.717) is 23.7 Å². The van der Waals surface area contributed by atoms with Crippen molar-refractivity contribution in [2.45, 2.75) is 39.8 Å². The zero-order valence-corrected chi connectivity index (χ0v) is 21.6. The van der Waals surface area contributed by atoms with E-state index < -0.39 is 11.7 Å². The van der Waals surface area contributed by atoms with Crippen LogP contribution in [0.5, 0.6) is 0 Å². The van der Waals surface area contributed by atoms with Crippen LogP contribution in [0.1, 0.15) is 48.8 Å². The van der Waals surface area contributed by atoms with E-state index in [2.05, 4.69) is 21.6 Å². The molecule has 0 saturated heterocycles. The Morgan fingerprint density at radius 2 is 1.71 bits per heavy atom. The van der Waals surface area contributed by atoms with Gasteiger partial charge >= 0.3 is 6.09 Å². The van der Waals surface area contributed by atoms with Gasteiger partial charge in [0.15, 0.2) is 0 Å². The standard InChI is InChI=1S/C29H27N7O2/c1-19-32-33-27-35(18-21-11-9-20(17-30)10-12-21)34-26(24-7-5-6-8-25(24)36(19)27)22-13-15-23(16-14-22)31-28(37)38-29(2,3)4/h5-16H,18H2,1-4H3,(H,31,37). The highest BCUT2D eigenvalue weighted by Gasteiger charge is 2.26. The SMILES string of the molecule is Cc1nnc2n1-c1ccccc1C(c1ccc(NC(=O)OC(C)(C)C)cc1)=NN2Cc1ccc(C#N)cc1. The van der Waals surface area contributed by atoms with Crippen LogP contribution in [0.2, 0.25) is 0 Å². The molecule has 1 amide bonds. The van der Waals surface area contributed by atoms with Crippen molar-refractivity contribution < 1.29 is 9.53 Å². The van der Waals surface area contributed by atoms with Crippen molar-refractivity contribution in [2.75, 3.05) is 10.3 Å². The quantitative estimate of drug-likeness (QED) is 0.389. The van der Waals surface area contributed by atoms with Gasteiger partial charge in [-0.3, -0.25) is 9.88 Å². The average Bonchev–Trinajstić information content (AvgIpc) is 3.21. The molecule has 1 aromatic heterocycles. The van der Waals surface area contributed by atoms with Crippen LogP contribution in [0, 0.1) is 18.3 Å². The van der Waals surface area contributed by atoms with Crippen LogP contribution in [0.15, 0.2) is 77.9 Å². The molecule has 38 heavy (non-hydrogen) atoms. The molecule has 0 saturated carbocycles. The van der Waals surface area contributed by atoms with Gasteiger partial charge in [0.1, 0.15) is 17.1 Å². The first-order valence-electron chi connectivity index (χ1n) is 12.2. The molecule has 0 spiro atoms. The first kappa shape index (κ1) is 24.7. The number of nitrogens with zero attached hydrogens (tertiary/aromatic N) is 6. The van der Waals surface area contributed by atoms with Crippen LogP contribution in [0.25, 0.3) is 5.69 Å². The van der Waals surface area contributed by atoms with Gasteiger partial charge in [0.2, 0.25) is 0 Å². The second kappa shape index (κ2) is 9.82. The lowest BCUT2D eigenvalue weighted by molar-refractivity contribution is 0.0636. The molecule has 190 valence electrons. The van der Waals surface area contributed by atoms with Crippen LogP contribution in [0.3, 0.4) is 0 Å². The van der Waals surface area contributed by atoms with E-state index >= 15 is 0 Å². The minimum Gasteiger partial charge on any atom is -0.444 e. The number of fused-ring (bicyclic) bond motifs is 3. The highest BCUT2D eigenvalue weighted by Crippen LogP contribution is 2.31. The predicted molar refractivity (Wildman–Crippen MR) is 145 cm³/mol. The summed E-state index contributed by atoms with van der Waals surface area (Å²) in [6, 6.07) is 25.0. The molecule has 1 N–H and O–H groups in total. The normalized spacial score (nSPS) is 12.5. The molecule has 0 unspecified atom stereocenters. The van der Waals surface area contributed by atoms with E-state index in [1.807, 2.05) is 97.9 Å². The van der Waals surface area contributed by atoms with Crippen molar-refractivity contribution in [1.29, 1.82) is 5.26 Å². The van der Waals surface area contributed by atoms with E-state index in [9.17, 15) is 4.79 Å². The maximum Gasteiger partial charge on any atom is 0.412 e. The number of rotatable bonds is 4. The number of para-hydroxylation sites is 1. The Morgan fingerprint density at radius 3 is 2.39 bits per heavy atom. The Hall–Kier alpha value is -4.97. The Kier molecular flexibility index (Phi) is 6.39. The Labute approximate surface area is 221 Å². The van der Waals surface area contributed by atoms with Crippen LogP contribution in [-0.4, -0.2) is 32.2 Å². The summed E-state index contributed by atoms with van der Waals surface area (Å²) in [6.45, 7) is 7.81. The van der Waals surface area contributed by atoms with Gasteiger partial charge in [-0.1, -0.05) is 42.5 Å². The monoisotopic (exact) mass is 505 g/mol. The molecule has 2 heterocycles. The summed E-state index contributed by atoms with van der Waals surface area (Å²) in [7, 11) is 0. The maximum absolute atomic E-state index is 12.2. The average molecular weight is 506 g/mol. The Balaban J connectivity index is 1.54. The lowest BCUT2D eigenvalue weighted by atomic mass is 10.0. The number of nitriles is 1. The fraction of sp³-hybridized carbons (Fsp3) is 0.207. The van der Waals surface area contributed by atoms with Crippen molar-refractivity contribution in [2.24, 2.45) is 5.10 Å². The molecule has 5 rings (SSSR count). The lowest BCUT2D eigenvalue weighted by Crippen LogP contribution is -2.27. The van der Waals surface area contributed by atoms with E-state index in [0.717, 1.165) is 33.9 Å². The first-order chi connectivity index (χ1) is 18.2. The summed E-state index contributed by atoms with van der Waals surface area (Å²) in [5.74, 6) is 1.34. The Morgan fingerprint density at radius 1 is 1.00 bits per heavy atom. The summed E-state index contributed by atoms with van der Waals surface area (Å²) in [5, 5.41) is 27.6. The Bertz CT molecular complexity index is 1560. The van der Waals surface area contributed by atoms with E-state index in [1.54, 1.807) is 12.1 Å². The van der Waals surface area contributed by atoms with Gasteiger partial charge in [0.25, 0.3) is 5.95 Å². The van der Waals surface area contributed by atoms with Gasteiger partial charge in [-0.2, -0.15) is 10.4 Å². The number of hydrogen-bond acceptors (Lipinski definition) is 7. The number of carbonyl (C=O) groups excluding carboxylic acids is 1. The van der Waals surface area contributed by atoms with Crippen molar-refractivity contribution >= 4 is 23.4 Å². The predicted octanol–water partition coefficient (Wildman–Crippen LogP) is 5.57. The summed E-state index contributed by atoms with van der Waals surface area (Å²) < 4.78 is 7.35. The van der Waals surface area contributed by atoms with Gasteiger partial charge < -0.3 is 4.74 Å². The molecule has 0 aliphatic carbocycles. The molecule has 1 aliphatic heterocycles. The highest BCUT2D eigenvalue weighted by atomic mass is 16.6. The number of carbonyl (C=O) groups is 1. The second-order valence-electron chi connectivity index (χ2n) is 9.92. The summed E-state index contributed by atoms with van der Waals surface area (Å²) in [4.78, 5) is 12.2. The van der Waals surface area contributed by atoms with Crippen molar-refractivity contribution in [3.63, 3.8) is 0 Å². The third-order valence-corrected chi connectivity index (χ3v) is 5.88. The van der Waals surface area contributed by atoms with Crippen molar-refractivity contribution in [3.05, 3.63) is 101 Å². The van der Waals surface area contributed by atoms with Crippen LogP contribution < -0.4 is 10.3 Å². The number of anilines is 2. The van der Waals surface area contributed by atoms with Gasteiger partial charge in [0.05, 0.1) is 23.9 Å². The molecule has 9 heteroatoms. The third kappa shape index (κ3) is 5.11. The number of ether oxygens (including phenoxy) is 1. The summed E-state index contributed by atoms with van der Waals surface area (Å²) >= 11 is 0. The third-order valence-electron chi connectivity index (χ3n) is 5.88. The van der Waals surface area contributed by atoms with Gasteiger partial charge in [0, 0.05) is 16.8 Å². The number of aromatic nitrogens is 3. The number of benzene rings is 3. The minimum atomic E-state index is -0.585. The zero-order valence-electron chi connectivity index (χ0n) is 21.6. The highest BCUT2D eigenvalue weighted by molar-refractivity contribution is 6.15. The van der Waals surface area contributed by atoms with Crippen LogP contribution in [-0.2, 0) is 11.3 Å². The number of nitrogens with one attached hydrogen (secondary N) is 1. The van der Waals surface area contributed by atoms with Crippen LogP contribution in [0.4, 0.5) is 16.4 Å². The maximum atomic E-state index is 12.2. The van der Waals surface area contributed by atoms with Crippen LogP contribution >= 0.6 is 0 Å². The molecule has 1 aliphatic rings. The molecular formula is C29H27N7O2. The number of aryl methyl sites for hydroxylation is 1. The van der Waals surface area contributed by atoms with Crippen molar-refractivity contribution in [3.8, 4) is 11.8 Å². The van der Waals surface area contributed by atoms with E-state index in [1.165, 1.54) is 0 Å². The molecule has 0 radical (unpaired) electrons. The summed E-state index contributed by atoms with van der Waals surface area (Å²) in [6.07, 6.45) is -0.510. The molecule has 4 aromatic rings. The van der Waals surface area contributed by atoms with Gasteiger partial charge in [-0.05, 0) is 63.6 Å². The molecule has 0 atom stereocenters. The molecule has 0 fully saturated rings. The molecule has 0 bridgehead atoms. The molecular weight excluding hydrogens is 478 g/mol. The fourth-order valence-electron chi connectivity index (χ4n) is 4.20. The van der Waals surface area contributed by atoms with Crippen molar-refractivity contribution in [1.82, 2.24) is 14.8 Å². The fourth-order valence-corrected chi connectivity index (χ4v) is 4.20. The number of amides is 1.